The number of carbonyl (C=O) groups is 1. The van der Waals surface area contributed by atoms with Gasteiger partial charge in [0.05, 0.1) is 11.7 Å². The van der Waals surface area contributed by atoms with Gasteiger partial charge in [0.1, 0.15) is 5.78 Å². The highest BCUT2D eigenvalue weighted by molar-refractivity contribution is 5.81. The largest absolute Gasteiger partial charge is 0.371 e. The number of hydrogen-bond acceptors (Lipinski definition) is 2. The molecular weight excluding hydrogens is 164 g/mol. The zero-order chi connectivity index (χ0) is 8.89. The molecule has 0 aromatic carbocycles. The lowest BCUT2D eigenvalue weighted by Gasteiger charge is -2.46. The summed E-state index contributed by atoms with van der Waals surface area (Å²) in [5.74, 6) is 1.15. The summed E-state index contributed by atoms with van der Waals surface area (Å²) >= 11 is 0. The predicted octanol–water partition coefficient (Wildman–Crippen LogP) is 2.07. The summed E-state index contributed by atoms with van der Waals surface area (Å²) in [6.07, 6.45) is 7.80. The fraction of sp³-hybridized carbons (Fsp3) is 0.909. The minimum Gasteiger partial charge on any atom is -0.371 e. The van der Waals surface area contributed by atoms with Crippen LogP contribution in [0.1, 0.15) is 44.9 Å². The van der Waals surface area contributed by atoms with Crippen molar-refractivity contribution in [2.45, 2.75) is 56.7 Å². The van der Waals surface area contributed by atoms with Crippen molar-refractivity contribution in [3.8, 4) is 0 Å². The van der Waals surface area contributed by atoms with Gasteiger partial charge < -0.3 is 4.74 Å². The quantitative estimate of drug-likeness (QED) is 0.570. The third kappa shape index (κ3) is 1.08. The summed E-state index contributed by atoms with van der Waals surface area (Å²) in [5.41, 5.74) is 0.0122. The van der Waals surface area contributed by atoms with Crippen LogP contribution in [0.5, 0.6) is 0 Å². The van der Waals surface area contributed by atoms with Crippen molar-refractivity contribution < 1.29 is 9.53 Å². The molecule has 13 heavy (non-hydrogen) atoms. The molecule has 2 heteroatoms. The van der Waals surface area contributed by atoms with E-state index in [1.807, 2.05) is 0 Å². The average molecular weight is 180 g/mol. The van der Waals surface area contributed by atoms with E-state index in [1.165, 1.54) is 19.3 Å². The van der Waals surface area contributed by atoms with Crippen LogP contribution in [0.2, 0.25) is 0 Å². The Balaban J connectivity index is 1.93. The Morgan fingerprint density at radius 3 is 3.15 bits per heavy atom. The number of rotatable bonds is 0. The van der Waals surface area contributed by atoms with Gasteiger partial charge in [0.25, 0.3) is 0 Å². The summed E-state index contributed by atoms with van der Waals surface area (Å²) in [5, 5.41) is 0. The van der Waals surface area contributed by atoms with Crippen LogP contribution in [-0.2, 0) is 9.53 Å². The Kier molecular flexibility index (Phi) is 1.58. The Hall–Kier alpha value is -0.370. The lowest BCUT2D eigenvalue weighted by molar-refractivity contribution is -0.183. The van der Waals surface area contributed by atoms with Crippen LogP contribution in [0.3, 0.4) is 0 Å². The van der Waals surface area contributed by atoms with Crippen LogP contribution in [0.15, 0.2) is 0 Å². The Morgan fingerprint density at radius 2 is 2.23 bits per heavy atom. The van der Waals surface area contributed by atoms with Gasteiger partial charge in [-0.2, -0.15) is 0 Å². The molecule has 0 aromatic heterocycles. The van der Waals surface area contributed by atoms with Crippen molar-refractivity contribution in [1.29, 1.82) is 0 Å². The molecule has 2 nitrogen and oxygen atoms in total. The first-order valence-electron chi connectivity index (χ1n) is 5.48. The fourth-order valence-corrected chi connectivity index (χ4v) is 3.53. The van der Waals surface area contributed by atoms with Crippen LogP contribution in [-0.4, -0.2) is 17.5 Å². The number of ketones is 1. The van der Waals surface area contributed by atoms with Gasteiger partial charge in [-0.3, -0.25) is 4.79 Å². The van der Waals surface area contributed by atoms with E-state index in [4.69, 9.17) is 4.74 Å². The molecule has 0 aromatic rings. The molecule has 0 amide bonds. The Labute approximate surface area is 78.6 Å². The van der Waals surface area contributed by atoms with Gasteiger partial charge in [0.2, 0.25) is 0 Å². The highest BCUT2D eigenvalue weighted by atomic mass is 16.5. The van der Waals surface area contributed by atoms with Gasteiger partial charge in [0.15, 0.2) is 0 Å². The van der Waals surface area contributed by atoms with Gasteiger partial charge in [-0.15, -0.1) is 0 Å². The van der Waals surface area contributed by atoms with E-state index in [9.17, 15) is 4.79 Å². The first-order valence-corrected chi connectivity index (χ1v) is 5.48. The fourth-order valence-electron chi connectivity index (χ4n) is 3.53. The number of ether oxygens (including phenoxy) is 1. The van der Waals surface area contributed by atoms with Crippen molar-refractivity contribution in [2.24, 2.45) is 5.92 Å². The second-order valence-corrected chi connectivity index (χ2v) is 4.89. The lowest BCUT2D eigenvalue weighted by atomic mass is 9.75. The van der Waals surface area contributed by atoms with Crippen molar-refractivity contribution in [3.63, 3.8) is 0 Å². The normalized spacial score (nSPS) is 49.1. The monoisotopic (exact) mass is 180 g/mol. The minimum absolute atomic E-state index is 0.0122. The third-order valence-electron chi connectivity index (χ3n) is 4.09. The molecule has 3 fully saturated rings. The molecule has 0 radical (unpaired) electrons. The number of carbonyl (C=O) groups excluding carboxylic acids is 1. The van der Waals surface area contributed by atoms with E-state index >= 15 is 0 Å². The van der Waals surface area contributed by atoms with Crippen molar-refractivity contribution in [3.05, 3.63) is 0 Å². The predicted molar refractivity (Wildman–Crippen MR) is 48.4 cm³/mol. The third-order valence-corrected chi connectivity index (χ3v) is 4.09. The van der Waals surface area contributed by atoms with Gasteiger partial charge in [-0.05, 0) is 31.6 Å². The Bertz CT molecular complexity index is 248. The molecule has 3 rings (SSSR count). The molecule has 0 unspecified atom stereocenters. The van der Waals surface area contributed by atoms with Gasteiger partial charge in [-0.25, -0.2) is 0 Å². The highest BCUT2D eigenvalue weighted by Gasteiger charge is 2.51. The topological polar surface area (TPSA) is 26.3 Å². The summed E-state index contributed by atoms with van der Waals surface area (Å²) in [6.45, 7) is 0. The van der Waals surface area contributed by atoms with E-state index in [2.05, 4.69) is 0 Å². The van der Waals surface area contributed by atoms with Crippen molar-refractivity contribution >= 4 is 5.78 Å². The summed E-state index contributed by atoms with van der Waals surface area (Å²) in [7, 11) is 0. The minimum atomic E-state index is 0.0122. The van der Waals surface area contributed by atoms with Crippen LogP contribution < -0.4 is 0 Å². The number of Topliss-reactive ketones (excluding diaryl/α,β-unsaturated/α-hetero) is 1. The van der Waals surface area contributed by atoms with Gasteiger partial charge in [0, 0.05) is 12.8 Å². The molecule has 1 aliphatic carbocycles. The van der Waals surface area contributed by atoms with E-state index in [1.54, 1.807) is 0 Å². The molecule has 2 saturated heterocycles. The van der Waals surface area contributed by atoms with Crippen molar-refractivity contribution in [2.75, 3.05) is 0 Å². The van der Waals surface area contributed by atoms with Crippen LogP contribution >= 0.6 is 0 Å². The van der Waals surface area contributed by atoms with E-state index in [0.29, 0.717) is 24.5 Å². The van der Waals surface area contributed by atoms with Crippen LogP contribution in [0.25, 0.3) is 0 Å². The smallest absolute Gasteiger partial charge is 0.138 e. The Morgan fingerprint density at radius 1 is 1.31 bits per heavy atom. The molecule has 2 aliphatic heterocycles. The van der Waals surface area contributed by atoms with Crippen LogP contribution in [0.4, 0.5) is 0 Å². The van der Waals surface area contributed by atoms with Gasteiger partial charge in [-0.1, -0.05) is 6.42 Å². The molecular formula is C11H16O2. The maximum absolute atomic E-state index is 11.5. The zero-order valence-corrected chi connectivity index (χ0v) is 7.92. The molecule has 2 bridgehead atoms. The number of fused-ring (bicyclic) bond motifs is 1. The first-order chi connectivity index (χ1) is 6.28. The van der Waals surface area contributed by atoms with Gasteiger partial charge >= 0.3 is 0 Å². The average Bonchev–Trinajstić information content (AvgIpc) is 2.44. The summed E-state index contributed by atoms with van der Waals surface area (Å²) in [6, 6.07) is 0. The summed E-state index contributed by atoms with van der Waals surface area (Å²) < 4.78 is 6.08. The molecule has 72 valence electrons. The molecule has 1 spiro atoms. The highest BCUT2D eigenvalue weighted by Crippen LogP contribution is 2.50. The molecule has 0 N–H and O–H groups in total. The SMILES string of the molecule is O=C1C[C@H]2CC[C@H]3CCC[C@@]3(C1)O2. The zero-order valence-electron chi connectivity index (χ0n) is 7.92. The second kappa shape index (κ2) is 2.57. The van der Waals surface area contributed by atoms with E-state index in [0.717, 1.165) is 12.8 Å². The first kappa shape index (κ1) is 7.98. The summed E-state index contributed by atoms with van der Waals surface area (Å²) in [4.78, 5) is 11.5. The standard InChI is InChI=1S/C11H16O2/c12-9-6-10-4-3-8-2-1-5-11(8,7-9)13-10/h8,10H,1-7H2/t8-,10-,11+/m1/s1. The maximum atomic E-state index is 11.5. The second-order valence-electron chi connectivity index (χ2n) is 4.89. The van der Waals surface area contributed by atoms with E-state index in [-0.39, 0.29) is 11.7 Å². The maximum Gasteiger partial charge on any atom is 0.138 e. The lowest BCUT2D eigenvalue weighted by Crippen LogP contribution is -2.50. The van der Waals surface area contributed by atoms with Crippen LogP contribution in [0, 0.1) is 5.92 Å². The molecule has 2 heterocycles. The van der Waals surface area contributed by atoms with Crippen molar-refractivity contribution in [1.82, 2.24) is 0 Å². The van der Waals surface area contributed by atoms with E-state index < -0.39 is 0 Å². The molecule has 1 saturated carbocycles. The molecule has 3 aliphatic rings. The molecule has 3 atom stereocenters. The number of hydrogen-bond donors (Lipinski definition) is 0.